The molecule has 11 heavy (non-hydrogen) atoms. The van der Waals surface area contributed by atoms with Crippen LogP contribution in [0.15, 0.2) is 15.2 Å². The van der Waals surface area contributed by atoms with Crippen LogP contribution >= 0.6 is 27.3 Å². The largest absolute Gasteiger partial charge is 0.151 e. The normalized spacial score (nSPS) is 10.9. The molecule has 1 aromatic heterocycles. The molecule has 1 aromatic rings. The highest BCUT2D eigenvalue weighted by Gasteiger charge is 2.10. The summed E-state index contributed by atoms with van der Waals surface area (Å²) in [5.41, 5.74) is 1.49. The van der Waals surface area contributed by atoms with Crippen LogP contribution < -0.4 is 0 Å². The molecule has 0 aliphatic carbocycles. The second-order valence-corrected chi connectivity index (χ2v) is 4.29. The molecular formula is C9H13BrS. The SMILES string of the molecule is CCC(CC)c1cscc1Br. The highest BCUT2D eigenvalue weighted by molar-refractivity contribution is 9.10. The third kappa shape index (κ3) is 2.06. The lowest BCUT2D eigenvalue weighted by Gasteiger charge is -2.10. The highest BCUT2D eigenvalue weighted by Crippen LogP contribution is 2.32. The van der Waals surface area contributed by atoms with Gasteiger partial charge in [0.2, 0.25) is 0 Å². The molecule has 0 saturated heterocycles. The van der Waals surface area contributed by atoms with Crippen molar-refractivity contribution in [3.63, 3.8) is 0 Å². The Morgan fingerprint density at radius 3 is 2.36 bits per heavy atom. The van der Waals surface area contributed by atoms with Crippen molar-refractivity contribution >= 4 is 27.3 Å². The van der Waals surface area contributed by atoms with E-state index in [9.17, 15) is 0 Å². The first-order valence-electron chi connectivity index (χ1n) is 4.01. The zero-order valence-electron chi connectivity index (χ0n) is 6.93. The maximum Gasteiger partial charge on any atom is 0.0317 e. The van der Waals surface area contributed by atoms with Crippen molar-refractivity contribution in [2.75, 3.05) is 0 Å². The van der Waals surface area contributed by atoms with Gasteiger partial charge in [-0.3, -0.25) is 0 Å². The van der Waals surface area contributed by atoms with Gasteiger partial charge < -0.3 is 0 Å². The summed E-state index contributed by atoms with van der Waals surface area (Å²) < 4.78 is 1.29. The molecule has 0 aliphatic rings. The summed E-state index contributed by atoms with van der Waals surface area (Å²) in [4.78, 5) is 0. The quantitative estimate of drug-likeness (QED) is 0.725. The van der Waals surface area contributed by atoms with E-state index in [1.165, 1.54) is 22.9 Å². The van der Waals surface area contributed by atoms with Gasteiger partial charge in [-0.25, -0.2) is 0 Å². The van der Waals surface area contributed by atoms with E-state index in [0.717, 1.165) is 5.92 Å². The Hall–Kier alpha value is 0.180. The van der Waals surface area contributed by atoms with Gasteiger partial charge in [0, 0.05) is 9.85 Å². The van der Waals surface area contributed by atoms with Gasteiger partial charge in [-0.1, -0.05) is 13.8 Å². The minimum Gasteiger partial charge on any atom is -0.151 e. The Bertz CT molecular complexity index is 213. The molecule has 0 aromatic carbocycles. The fourth-order valence-electron chi connectivity index (χ4n) is 1.31. The van der Waals surface area contributed by atoms with E-state index in [1.54, 1.807) is 11.3 Å². The van der Waals surface area contributed by atoms with Gasteiger partial charge >= 0.3 is 0 Å². The smallest absolute Gasteiger partial charge is 0.0317 e. The van der Waals surface area contributed by atoms with Crippen LogP contribution in [0.25, 0.3) is 0 Å². The molecule has 0 amide bonds. The zero-order chi connectivity index (χ0) is 8.27. The minimum absolute atomic E-state index is 0.746. The number of rotatable bonds is 3. The van der Waals surface area contributed by atoms with Crippen LogP contribution in [0, 0.1) is 0 Å². The monoisotopic (exact) mass is 232 g/mol. The van der Waals surface area contributed by atoms with Crippen LogP contribution in [-0.4, -0.2) is 0 Å². The van der Waals surface area contributed by atoms with E-state index in [2.05, 4.69) is 40.5 Å². The summed E-state index contributed by atoms with van der Waals surface area (Å²) in [7, 11) is 0. The van der Waals surface area contributed by atoms with Gasteiger partial charge in [0.25, 0.3) is 0 Å². The summed E-state index contributed by atoms with van der Waals surface area (Å²) in [6.45, 7) is 4.50. The molecule has 2 heteroatoms. The zero-order valence-corrected chi connectivity index (χ0v) is 9.33. The average molecular weight is 233 g/mol. The Labute approximate surface area is 80.8 Å². The van der Waals surface area contributed by atoms with Crippen LogP contribution in [0.4, 0.5) is 0 Å². The van der Waals surface area contributed by atoms with Crippen LogP contribution in [0.3, 0.4) is 0 Å². The number of halogens is 1. The second-order valence-electron chi connectivity index (χ2n) is 2.69. The molecule has 0 fully saturated rings. The second kappa shape index (κ2) is 4.27. The van der Waals surface area contributed by atoms with Gasteiger partial charge in [0.05, 0.1) is 0 Å². The molecule has 62 valence electrons. The van der Waals surface area contributed by atoms with Crippen LogP contribution in [0.2, 0.25) is 0 Å². The predicted octanol–water partition coefficient (Wildman–Crippen LogP) is 4.41. The van der Waals surface area contributed by atoms with E-state index >= 15 is 0 Å². The molecule has 0 saturated carbocycles. The lowest BCUT2D eigenvalue weighted by Crippen LogP contribution is -1.93. The Morgan fingerprint density at radius 1 is 1.36 bits per heavy atom. The molecule has 0 aliphatic heterocycles. The lowest BCUT2D eigenvalue weighted by atomic mass is 9.97. The topological polar surface area (TPSA) is 0 Å². The van der Waals surface area contributed by atoms with E-state index in [4.69, 9.17) is 0 Å². The first-order chi connectivity index (χ1) is 5.29. The molecule has 0 nitrogen and oxygen atoms in total. The van der Waals surface area contributed by atoms with Gasteiger partial charge in [-0.05, 0) is 45.6 Å². The standard InChI is InChI=1S/C9H13BrS/c1-3-7(4-2)8-5-11-6-9(8)10/h5-7H,3-4H2,1-2H3. The number of hydrogen-bond acceptors (Lipinski definition) is 1. The maximum absolute atomic E-state index is 3.56. The van der Waals surface area contributed by atoms with Gasteiger partial charge in [0.15, 0.2) is 0 Å². The molecule has 0 spiro atoms. The summed E-state index contributed by atoms with van der Waals surface area (Å²) in [5.74, 6) is 0.746. The summed E-state index contributed by atoms with van der Waals surface area (Å²) in [6, 6.07) is 0. The molecule has 0 unspecified atom stereocenters. The minimum atomic E-state index is 0.746. The van der Waals surface area contributed by atoms with Crippen LogP contribution in [0.1, 0.15) is 38.2 Å². The third-order valence-electron chi connectivity index (χ3n) is 2.07. The molecule has 0 radical (unpaired) electrons. The first-order valence-corrected chi connectivity index (χ1v) is 5.74. The van der Waals surface area contributed by atoms with Crippen LogP contribution in [0.5, 0.6) is 0 Å². The molecule has 1 heterocycles. The molecule has 0 atom stereocenters. The fraction of sp³-hybridized carbons (Fsp3) is 0.556. The molecular weight excluding hydrogens is 220 g/mol. The van der Waals surface area contributed by atoms with Gasteiger partial charge in [-0.2, -0.15) is 11.3 Å². The number of hydrogen-bond donors (Lipinski definition) is 0. The summed E-state index contributed by atoms with van der Waals surface area (Å²) in [6.07, 6.45) is 2.48. The Kier molecular flexibility index (Phi) is 3.60. The Balaban J connectivity index is 2.81. The molecule has 1 rings (SSSR count). The van der Waals surface area contributed by atoms with E-state index < -0.39 is 0 Å². The van der Waals surface area contributed by atoms with Crippen molar-refractivity contribution in [1.29, 1.82) is 0 Å². The first kappa shape index (κ1) is 9.27. The van der Waals surface area contributed by atoms with Crippen molar-refractivity contribution in [3.8, 4) is 0 Å². The summed E-state index contributed by atoms with van der Waals surface area (Å²) in [5, 5.41) is 4.41. The van der Waals surface area contributed by atoms with Crippen molar-refractivity contribution < 1.29 is 0 Å². The lowest BCUT2D eigenvalue weighted by molar-refractivity contribution is 0.642. The highest BCUT2D eigenvalue weighted by atomic mass is 79.9. The molecule has 0 bridgehead atoms. The van der Waals surface area contributed by atoms with Crippen molar-refractivity contribution in [2.45, 2.75) is 32.6 Å². The Morgan fingerprint density at radius 2 is 2.00 bits per heavy atom. The van der Waals surface area contributed by atoms with E-state index in [-0.39, 0.29) is 0 Å². The molecule has 0 N–H and O–H groups in total. The van der Waals surface area contributed by atoms with Crippen LogP contribution in [-0.2, 0) is 0 Å². The fourth-order valence-corrected chi connectivity index (χ4v) is 3.01. The summed E-state index contributed by atoms with van der Waals surface area (Å²) >= 11 is 5.34. The van der Waals surface area contributed by atoms with Crippen molar-refractivity contribution in [3.05, 3.63) is 20.8 Å². The van der Waals surface area contributed by atoms with Gasteiger partial charge in [0.1, 0.15) is 0 Å². The predicted molar refractivity (Wildman–Crippen MR) is 55.3 cm³/mol. The van der Waals surface area contributed by atoms with Gasteiger partial charge in [-0.15, -0.1) is 0 Å². The third-order valence-corrected chi connectivity index (χ3v) is 3.82. The average Bonchev–Trinajstić information content (AvgIpc) is 2.40. The van der Waals surface area contributed by atoms with Crippen molar-refractivity contribution in [2.24, 2.45) is 0 Å². The van der Waals surface area contributed by atoms with E-state index in [0.29, 0.717) is 0 Å². The number of thiophene rings is 1. The van der Waals surface area contributed by atoms with E-state index in [1.807, 2.05) is 0 Å². The van der Waals surface area contributed by atoms with Crippen molar-refractivity contribution in [1.82, 2.24) is 0 Å². The maximum atomic E-state index is 3.56.